The third-order valence-electron chi connectivity index (χ3n) is 2.71. The lowest BCUT2D eigenvalue weighted by Gasteiger charge is -2.22. The second-order valence-corrected chi connectivity index (χ2v) is 5.09. The van der Waals surface area contributed by atoms with Gasteiger partial charge in [0, 0.05) is 28.7 Å². The van der Waals surface area contributed by atoms with Crippen molar-refractivity contribution in [1.82, 2.24) is 0 Å². The molecule has 0 aromatic heterocycles. The maximum absolute atomic E-state index is 11.8. The Kier molecular flexibility index (Phi) is 2.83. The van der Waals surface area contributed by atoms with Gasteiger partial charge in [0.25, 0.3) is 0 Å². The maximum Gasteiger partial charge on any atom is 0.166 e. The number of anilines is 1. The van der Waals surface area contributed by atoms with E-state index in [1.54, 1.807) is 0 Å². The van der Waals surface area contributed by atoms with E-state index in [9.17, 15) is 4.79 Å². The van der Waals surface area contributed by atoms with E-state index in [0.717, 1.165) is 22.3 Å². The highest BCUT2D eigenvalue weighted by atomic mass is 79.9. The number of carbonyl (C=O) groups excluding carboxylic acids is 1. The monoisotopic (exact) mass is 267 g/mol. The van der Waals surface area contributed by atoms with E-state index in [2.05, 4.69) is 41.2 Å². The smallest absolute Gasteiger partial charge is 0.166 e. The standard InChI is InChI=1S/C12H14BrNO/c1-7(2)9-5-8(13)6-10-11(15)3-4-14-12(9)10/h5-7,14H,3-4H2,1-2H3. The zero-order valence-corrected chi connectivity index (χ0v) is 10.5. The summed E-state index contributed by atoms with van der Waals surface area (Å²) in [6, 6.07) is 4.00. The number of benzene rings is 1. The van der Waals surface area contributed by atoms with Crippen molar-refractivity contribution in [2.45, 2.75) is 26.2 Å². The molecule has 0 unspecified atom stereocenters. The minimum Gasteiger partial charge on any atom is -0.384 e. The Hall–Kier alpha value is -0.830. The lowest BCUT2D eigenvalue weighted by molar-refractivity contribution is 0.0983. The van der Waals surface area contributed by atoms with Gasteiger partial charge in [-0.05, 0) is 23.6 Å². The SMILES string of the molecule is CC(C)c1cc(Br)cc2c1NCCC2=O. The van der Waals surface area contributed by atoms with Crippen LogP contribution in [-0.4, -0.2) is 12.3 Å². The van der Waals surface area contributed by atoms with Gasteiger partial charge in [-0.3, -0.25) is 4.79 Å². The molecule has 1 aliphatic heterocycles. The fraction of sp³-hybridized carbons (Fsp3) is 0.417. The molecule has 1 heterocycles. The second-order valence-electron chi connectivity index (χ2n) is 4.17. The van der Waals surface area contributed by atoms with Gasteiger partial charge in [0.05, 0.1) is 0 Å². The van der Waals surface area contributed by atoms with Crippen molar-refractivity contribution in [3.05, 3.63) is 27.7 Å². The minimum absolute atomic E-state index is 0.243. The molecule has 0 saturated carbocycles. The van der Waals surface area contributed by atoms with Crippen LogP contribution in [0, 0.1) is 0 Å². The quantitative estimate of drug-likeness (QED) is 0.843. The summed E-state index contributed by atoms with van der Waals surface area (Å²) < 4.78 is 0.988. The Balaban J connectivity index is 2.62. The highest BCUT2D eigenvalue weighted by molar-refractivity contribution is 9.10. The number of fused-ring (bicyclic) bond motifs is 1. The Bertz CT molecular complexity index is 412. The van der Waals surface area contributed by atoms with Crippen molar-refractivity contribution in [3.63, 3.8) is 0 Å². The summed E-state index contributed by atoms with van der Waals surface area (Å²) in [5.74, 6) is 0.668. The van der Waals surface area contributed by atoms with Gasteiger partial charge in [-0.1, -0.05) is 29.8 Å². The topological polar surface area (TPSA) is 29.1 Å². The number of hydrogen-bond acceptors (Lipinski definition) is 2. The largest absolute Gasteiger partial charge is 0.384 e. The van der Waals surface area contributed by atoms with E-state index >= 15 is 0 Å². The summed E-state index contributed by atoms with van der Waals surface area (Å²) >= 11 is 3.46. The van der Waals surface area contributed by atoms with Crippen LogP contribution in [0.5, 0.6) is 0 Å². The molecule has 2 nitrogen and oxygen atoms in total. The maximum atomic E-state index is 11.8. The lowest BCUT2D eigenvalue weighted by Crippen LogP contribution is -2.19. The summed E-state index contributed by atoms with van der Waals surface area (Å²) in [4.78, 5) is 11.8. The molecule has 3 heteroatoms. The summed E-state index contributed by atoms with van der Waals surface area (Å²) in [5.41, 5.74) is 3.08. The first-order valence-electron chi connectivity index (χ1n) is 5.20. The first-order valence-corrected chi connectivity index (χ1v) is 5.99. The van der Waals surface area contributed by atoms with Crippen LogP contribution in [-0.2, 0) is 0 Å². The van der Waals surface area contributed by atoms with Crippen molar-refractivity contribution < 1.29 is 4.79 Å². The van der Waals surface area contributed by atoms with Gasteiger partial charge in [-0.25, -0.2) is 0 Å². The van der Waals surface area contributed by atoms with E-state index in [1.165, 1.54) is 5.56 Å². The fourth-order valence-corrected chi connectivity index (χ4v) is 2.41. The number of hydrogen-bond donors (Lipinski definition) is 1. The van der Waals surface area contributed by atoms with Crippen molar-refractivity contribution in [2.24, 2.45) is 0 Å². The number of nitrogens with one attached hydrogen (secondary N) is 1. The molecule has 0 aliphatic carbocycles. The van der Waals surface area contributed by atoms with Gasteiger partial charge in [0.1, 0.15) is 0 Å². The summed E-state index contributed by atoms with van der Waals surface area (Å²) in [6.07, 6.45) is 0.598. The molecular formula is C12H14BrNO. The molecule has 0 spiro atoms. The van der Waals surface area contributed by atoms with E-state index in [0.29, 0.717) is 12.3 Å². The summed E-state index contributed by atoms with van der Waals surface area (Å²) in [6.45, 7) is 5.04. The van der Waals surface area contributed by atoms with Crippen LogP contribution < -0.4 is 5.32 Å². The fourth-order valence-electron chi connectivity index (χ4n) is 1.94. The Morgan fingerprint density at radius 2 is 2.13 bits per heavy atom. The molecule has 0 bridgehead atoms. The third-order valence-corrected chi connectivity index (χ3v) is 3.17. The van der Waals surface area contributed by atoms with Gasteiger partial charge >= 0.3 is 0 Å². The zero-order valence-electron chi connectivity index (χ0n) is 8.93. The molecule has 0 amide bonds. The molecule has 0 radical (unpaired) electrons. The molecule has 0 atom stereocenters. The molecule has 1 aromatic carbocycles. The van der Waals surface area contributed by atoms with E-state index in [1.807, 2.05) is 6.07 Å². The van der Waals surface area contributed by atoms with Crippen LogP contribution in [0.1, 0.15) is 42.1 Å². The molecule has 1 aromatic rings. The molecule has 15 heavy (non-hydrogen) atoms. The molecule has 80 valence electrons. The number of ketones is 1. The Morgan fingerprint density at radius 3 is 2.80 bits per heavy atom. The number of rotatable bonds is 1. The first kappa shape index (κ1) is 10.7. The molecule has 1 aliphatic rings. The predicted molar refractivity (Wildman–Crippen MR) is 65.7 cm³/mol. The summed E-state index contributed by atoms with van der Waals surface area (Å²) in [7, 11) is 0. The van der Waals surface area contributed by atoms with Crippen LogP contribution in [0.15, 0.2) is 16.6 Å². The van der Waals surface area contributed by atoms with E-state index in [4.69, 9.17) is 0 Å². The van der Waals surface area contributed by atoms with E-state index < -0.39 is 0 Å². The van der Waals surface area contributed by atoms with Crippen LogP contribution in [0.25, 0.3) is 0 Å². The van der Waals surface area contributed by atoms with Crippen LogP contribution in [0.2, 0.25) is 0 Å². The van der Waals surface area contributed by atoms with Gasteiger partial charge in [-0.2, -0.15) is 0 Å². The van der Waals surface area contributed by atoms with Crippen molar-refractivity contribution in [3.8, 4) is 0 Å². The number of Topliss-reactive ketones (excluding diaryl/α,β-unsaturated/α-hetero) is 1. The Labute approximate surface area is 98.2 Å². The molecule has 0 fully saturated rings. The first-order chi connectivity index (χ1) is 7.09. The van der Waals surface area contributed by atoms with Crippen molar-refractivity contribution in [2.75, 3.05) is 11.9 Å². The van der Waals surface area contributed by atoms with Gasteiger partial charge in [0.15, 0.2) is 5.78 Å². The molecular weight excluding hydrogens is 254 g/mol. The predicted octanol–water partition coefficient (Wildman–Crippen LogP) is 3.57. The van der Waals surface area contributed by atoms with Gasteiger partial charge < -0.3 is 5.32 Å². The van der Waals surface area contributed by atoms with Crippen molar-refractivity contribution in [1.29, 1.82) is 0 Å². The number of halogens is 1. The third kappa shape index (κ3) is 1.93. The summed E-state index contributed by atoms with van der Waals surface area (Å²) in [5, 5.41) is 3.33. The molecule has 2 rings (SSSR count). The Morgan fingerprint density at radius 1 is 1.40 bits per heavy atom. The number of carbonyl (C=O) groups is 1. The molecule has 1 N–H and O–H groups in total. The minimum atomic E-state index is 0.243. The highest BCUT2D eigenvalue weighted by Gasteiger charge is 2.21. The van der Waals surface area contributed by atoms with Gasteiger partial charge in [0.2, 0.25) is 0 Å². The second kappa shape index (κ2) is 3.97. The average Bonchev–Trinajstić information content (AvgIpc) is 2.18. The van der Waals surface area contributed by atoms with Crippen LogP contribution in [0.4, 0.5) is 5.69 Å². The normalized spacial score (nSPS) is 15.1. The average molecular weight is 268 g/mol. The molecule has 0 saturated heterocycles. The van der Waals surface area contributed by atoms with Crippen LogP contribution in [0.3, 0.4) is 0 Å². The van der Waals surface area contributed by atoms with Crippen molar-refractivity contribution >= 4 is 27.4 Å². The van der Waals surface area contributed by atoms with Crippen LogP contribution >= 0.6 is 15.9 Å². The van der Waals surface area contributed by atoms with Gasteiger partial charge in [-0.15, -0.1) is 0 Å². The highest BCUT2D eigenvalue weighted by Crippen LogP contribution is 2.34. The zero-order chi connectivity index (χ0) is 11.0. The van der Waals surface area contributed by atoms with E-state index in [-0.39, 0.29) is 5.78 Å². The lowest BCUT2D eigenvalue weighted by atomic mass is 9.93.